The standard InChI is InChI=1S/C20H23N5O3S/c21-29(27,28)18-5-6-19-17(11-18)12-23-14-25(19)13-15-1-3-16(4-2-15)20(26)24-9-7-22-8-10-24/h1-6,11-12,22H,7-10,13-14H2,(H2,21,27,28). The molecule has 2 aliphatic heterocycles. The second-order valence-corrected chi connectivity index (χ2v) is 8.72. The van der Waals surface area contributed by atoms with Crippen LogP contribution in [0.3, 0.4) is 0 Å². The monoisotopic (exact) mass is 413 g/mol. The SMILES string of the molecule is NS(=O)(=O)c1ccc2c(c1)C=NCN2Cc1ccc(C(=O)N2CCNCC2)cc1. The number of sulfonamides is 1. The van der Waals surface area contributed by atoms with E-state index in [1.54, 1.807) is 12.3 Å². The topological polar surface area (TPSA) is 108 Å². The summed E-state index contributed by atoms with van der Waals surface area (Å²) in [6.45, 7) is 4.18. The van der Waals surface area contributed by atoms with E-state index in [9.17, 15) is 13.2 Å². The number of carbonyl (C=O) groups is 1. The Kier molecular flexibility index (Phi) is 5.35. The van der Waals surface area contributed by atoms with Gasteiger partial charge in [-0.3, -0.25) is 9.79 Å². The molecule has 0 aliphatic carbocycles. The van der Waals surface area contributed by atoms with E-state index in [2.05, 4.69) is 15.2 Å². The zero-order chi connectivity index (χ0) is 20.4. The number of hydrogen-bond acceptors (Lipinski definition) is 6. The third kappa shape index (κ3) is 4.31. The highest BCUT2D eigenvalue weighted by Crippen LogP contribution is 2.26. The number of anilines is 1. The van der Waals surface area contributed by atoms with Crippen LogP contribution in [-0.2, 0) is 16.6 Å². The summed E-state index contributed by atoms with van der Waals surface area (Å²) in [5.41, 5.74) is 3.34. The molecular weight excluding hydrogens is 390 g/mol. The molecule has 4 rings (SSSR count). The molecule has 0 radical (unpaired) electrons. The highest BCUT2D eigenvalue weighted by atomic mass is 32.2. The van der Waals surface area contributed by atoms with Crippen molar-refractivity contribution in [2.45, 2.75) is 11.4 Å². The molecule has 1 amide bonds. The molecule has 2 aromatic carbocycles. The maximum Gasteiger partial charge on any atom is 0.253 e. The van der Waals surface area contributed by atoms with Crippen LogP contribution in [0.15, 0.2) is 52.4 Å². The smallest absolute Gasteiger partial charge is 0.253 e. The first-order valence-electron chi connectivity index (χ1n) is 9.42. The van der Waals surface area contributed by atoms with E-state index >= 15 is 0 Å². The van der Waals surface area contributed by atoms with Crippen molar-refractivity contribution >= 4 is 27.8 Å². The van der Waals surface area contributed by atoms with E-state index in [1.807, 2.05) is 29.2 Å². The lowest BCUT2D eigenvalue weighted by atomic mass is 10.1. The molecule has 3 N–H and O–H groups in total. The van der Waals surface area contributed by atoms with Crippen LogP contribution in [0.4, 0.5) is 5.69 Å². The van der Waals surface area contributed by atoms with Crippen molar-refractivity contribution in [3.05, 3.63) is 59.2 Å². The Bertz CT molecular complexity index is 1040. The van der Waals surface area contributed by atoms with Gasteiger partial charge in [-0.05, 0) is 35.9 Å². The van der Waals surface area contributed by atoms with E-state index in [4.69, 9.17) is 5.14 Å². The fraction of sp³-hybridized carbons (Fsp3) is 0.300. The van der Waals surface area contributed by atoms with Crippen LogP contribution in [0.2, 0.25) is 0 Å². The summed E-state index contributed by atoms with van der Waals surface area (Å²) in [4.78, 5) is 20.9. The molecule has 29 heavy (non-hydrogen) atoms. The Morgan fingerprint density at radius 1 is 1.10 bits per heavy atom. The number of benzene rings is 2. The summed E-state index contributed by atoms with van der Waals surface area (Å²) >= 11 is 0. The van der Waals surface area contributed by atoms with Gasteiger partial charge in [0, 0.05) is 55.8 Å². The van der Waals surface area contributed by atoms with Gasteiger partial charge in [0.1, 0.15) is 6.67 Å². The number of primary sulfonamides is 1. The first-order chi connectivity index (χ1) is 13.9. The molecule has 8 nitrogen and oxygen atoms in total. The van der Waals surface area contributed by atoms with Gasteiger partial charge in [-0.25, -0.2) is 13.6 Å². The molecular formula is C20H23N5O3S. The first kappa shape index (κ1) is 19.6. The third-order valence-electron chi connectivity index (χ3n) is 5.13. The highest BCUT2D eigenvalue weighted by molar-refractivity contribution is 7.89. The Balaban J connectivity index is 1.49. The van der Waals surface area contributed by atoms with Crippen molar-refractivity contribution in [3.63, 3.8) is 0 Å². The molecule has 0 atom stereocenters. The molecule has 1 saturated heterocycles. The van der Waals surface area contributed by atoms with Gasteiger partial charge in [-0.2, -0.15) is 0 Å². The Morgan fingerprint density at radius 2 is 1.83 bits per heavy atom. The zero-order valence-corrected chi connectivity index (χ0v) is 16.7. The number of aliphatic imine (C=N–C) groups is 1. The number of carbonyl (C=O) groups excluding carboxylic acids is 1. The number of fused-ring (bicyclic) bond motifs is 1. The number of hydrogen-bond donors (Lipinski definition) is 2. The molecule has 0 bridgehead atoms. The quantitative estimate of drug-likeness (QED) is 0.770. The van der Waals surface area contributed by atoms with E-state index in [1.165, 1.54) is 12.1 Å². The van der Waals surface area contributed by atoms with Crippen LogP contribution in [-0.4, -0.2) is 58.3 Å². The summed E-state index contributed by atoms with van der Waals surface area (Å²) in [5.74, 6) is 0.0569. The molecule has 0 saturated carbocycles. The number of rotatable bonds is 4. The predicted molar refractivity (Wildman–Crippen MR) is 112 cm³/mol. The fourth-order valence-electron chi connectivity index (χ4n) is 3.57. The number of nitrogens with two attached hydrogens (primary N) is 1. The van der Waals surface area contributed by atoms with Gasteiger partial charge >= 0.3 is 0 Å². The van der Waals surface area contributed by atoms with Gasteiger partial charge in [-0.15, -0.1) is 0 Å². The zero-order valence-electron chi connectivity index (χ0n) is 15.9. The van der Waals surface area contributed by atoms with E-state index in [-0.39, 0.29) is 10.8 Å². The van der Waals surface area contributed by atoms with Gasteiger partial charge in [0.05, 0.1) is 4.90 Å². The van der Waals surface area contributed by atoms with E-state index in [0.717, 1.165) is 37.4 Å². The molecule has 0 spiro atoms. The molecule has 0 unspecified atom stereocenters. The third-order valence-corrected chi connectivity index (χ3v) is 6.04. The van der Waals surface area contributed by atoms with Gasteiger partial charge in [0.15, 0.2) is 0 Å². The molecule has 2 aromatic rings. The van der Waals surface area contributed by atoms with Crippen molar-refractivity contribution in [2.24, 2.45) is 10.1 Å². The van der Waals surface area contributed by atoms with Gasteiger partial charge in [0.2, 0.25) is 10.0 Å². The second-order valence-electron chi connectivity index (χ2n) is 7.16. The van der Waals surface area contributed by atoms with Gasteiger partial charge in [0.25, 0.3) is 5.91 Å². The first-order valence-corrected chi connectivity index (χ1v) is 11.0. The van der Waals surface area contributed by atoms with Gasteiger partial charge < -0.3 is 15.1 Å². The maximum absolute atomic E-state index is 12.6. The number of amides is 1. The van der Waals surface area contributed by atoms with Crippen LogP contribution >= 0.6 is 0 Å². The van der Waals surface area contributed by atoms with Gasteiger partial charge in [-0.1, -0.05) is 12.1 Å². The lowest BCUT2D eigenvalue weighted by molar-refractivity contribution is 0.0736. The number of piperazine rings is 1. The summed E-state index contributed by atoms with van der Waals surface area (Å²) in [6.07, 6.45) is 1.66. The average Bonchev–Trinajstić information content (AvgIpc) is 2.73. The van der Waals surface area contributed by atoms with Crippen LogP contribution < -0.4 is 15.4 Å². The molecule has 9 heteroatoms. The van der Waals surface area contributed by atoms with E-state index < -0.39 is 10.0 Å². The van der Waals surface area contributed by atoms with E-state index in [0.29, 0.717) is 24.3 Å². The second kappa shape index (κ2) is 7.94. The summed E-state index contributed by atoms with van der Waals surface area (Å²) in [6, 6.07) is 12.4. The fourth-order valence-corrected chi connectivity index (χ4v) is 4.12. The minimum absolute atomic E-state index is 0.0569. The maximum atomic E-state index is 12.6. The predicted octanol–water partition coefficient (Wildman–Crippen LogP) is 0.776. The Hall–Kier alpha value is -2.75. The van der Waals surface area contributed by atoms with Crippen molar-refractivity contribution < 1.29 is 13.2 Å². The minimum atomic E-state index is -3.76. The summed E-state index contributed by atoms with van der Waals surface area (Å²) < 4.78 is 23.2. The lowest BCUT2D eigenvalue weighted by Crippen LogP contribution is -2.46. The van der Waals surface area contributed by atoms with Crippen molar-refractivity contribution in [1.29, 1.82) is 0 Å². The van der Waals surface area contributed by atoms with Crippen molar-refractivity contribution in [1.82, 2.24) is 10.2 Å². The molecule has 2 aliphatic rings. The molecule has 2 heterocycles. The van der Waals surface area contributed by atoms with Crippen LogP contribution in [0.5, 0.6) is 0 Å². The van der Waals surface area contributed by atoms with Crippen LogP contribution in [0, 0.1) is 0 Å². The summed E-state index contributed by atoms with van der Waals surface area (Å²) in [7, 11) is -3.76. The Labute approximate surface area is 170 Å². The normalized spacial score (nSPS) is 16.6. The largest absolute Gasteiger partial charge is 0.347 e. The lowest BCUT2D eigenvalue weighted by Gasteiger charge is -2.28. The molecule has 152 valence electrons. The average molecular weight is 414 g/mol. The van der Waals surface area contributed by atoms with Crippen molar-refractivity contribution in [3.8, 4) is 0 Å². The molecule has 0 aromatic heterocycles. The summed E-state index contributed by atoms with van der Waals surface area (Å²) in [5, 5.41) is 8.46. The van der Waals surface area contributed by atoms with Crippen LogP contribution in [0.1, 0.15) is 21.5 Å². The highest BCUT2D eigenvalue weighted by Gasteiger charge is 2.19. The van der Waals surface area contributed by atoms with Crippen LogP contribution in [0.25, 0.3) is 0 Å². The van der Waals surface area contributed by atoms with Crippen molar-refractivity contribution in [2.75, 3.05) is 37.7 Å². The molecule has 1 fully saturated rings. The Morgan fingerprint density at radius 3 is 2.52 bits per heavy atom. The number of nitrogens with one attached hydrogen (secondary N) is 1. The number of nitrogens with zero attached hydrogens (tertiary/aromatic N) is 3. The minimum Gasteiger partial charge on any atom is -0.347 e.